The van der Waals surface area contributed by atoms with Crippen LogP contribution < -0.4 is 4.72 Å². The molecule has 2 aromatic carbocycles. The van der Waals surface area contributed by atoms with E-state index in [4.69, 9.17) is 0 Å². The summed E-state index contributed by atoms with van der Waals surface area (Å²) in [7, 11) is -4.22. The molecule has 0 aliphatic heterocycles. The highest BCUT2D eigenvalue weighted by atomic mass is 79.9. The maximum Gasteiger partial charge on any atom is 0.264 e. The summed E-state index contributed by atoms with van der Waals surface area (Å²) in [5, 5.41) is 9.45. The van der Waals surface area contributed by atoms with Crippen LogP contribution >= 0.6 is 15.9 Å². The third-order valence-electron chi connectivity index (χ3n) is 2.39. The van der Waals surface area contributed by atoms with Gasteiger partial charge in [0.15, 0.2) is 0 Å². The predicted molar refractivity (Wildman–Crippen MR) is 73.0 cm³/mol. The van der Waals surface area contributed by atoms with E-state index in [0.717, 1.165) is 30.3 Å². The van der Waals surface area contributed by atoms with Crippen molar-refractivity contribution in [1.82, 2.24) is 0 Å². The smallest absolute Gasteiger partial charge is 0.264 e. The Labute approximate surface area is 122 Å². The number of nitrogens with one attached hydrogen (secondary N) is 1. The quantitative estimate of drug-likeness (QED) is 0.822. The zero-order chi connectivity index (χ0) is 14.9. The zero-order valence-electron chi connectivity index (χ0n) is 9.77. The summed E-state index contributed by atoms with van der Waals surface area (Å²) >= 11 is 3.01. The molecule has 8 heteroatoms. The summed E-state index contributed by atoms with van der Waals surface area (Å²) in [6, 6.07) is 6.19. The topological polar surface area (TPSA) is 66.4 Å². The number of phenols is 1. The van der Waals surface area contributed by atoms with Gasteiger partial charge in [-0.25, -0.2) is 17.2 Å². The summed E-state index contributed by atoms with van der Waals surface area (Å²) in [5.41, 5.74) is -0.242. The van der Waals surface area contributed by atoms with E-state index >= 15 is 0 Å². The summed E-state index contributed by atoms with van der Waals surface area (Å²) in [4.78, 5) is -0.579. The lowest BCUT2D eigenvalue weighted by Gasteiger charge is -2.10. The van der Waals surface area contributed by atoms with Crippen molar-refractivity contribution in [2.75, 3.05) is 4.72 Å². The van der Waals surface area contributed by atoms with Gasteiger partial charge >= 0.3 is 0 Å². The first-order valence-electron chi connectivity index (χ1n) is 5.26. The van der Waals surface area contributed by atoms with Crippen LogP contribution in [0.25, 0.3) is 0 Å². The third kappa shape index (κ3) is 3.07. The Morgan fingerprint density at radius 2 is 1.80 bits per heavy atom. The van der Waals surface area contributed by atoms with Crippen LogP contribution in [0.5, 0.6) is 5.75 Å². The fourth-order valence-electron chi connectivity index (χ4n) is 1.48. The lowest BCUT2D eigenvalue weighted by Crippen LogP contribution is -2.14. The van der Waals surface area contributed by atoms with Crippen LogP contribution in [-0.2, 0) is 10.0 Å². The average molecular weight is 364 g/mol. The summed E-state index contributed by atoms with van der Waals surface area (Å²) in [6.45, 7) is 0. The fraction of sp³-hybridized carbons (Fsp3) is 0. The molecule has 0 amide bonds. The fourth-order valence-corrected chi connectivity index (χ4v) is 2.95. The number of sulfonamides is 1. The van der Waals surface area contributed by atoms with Gasteiger partial charge in [-0.1, -0.05) is 15.9 Å². The van der Waals surface area contributed by atoms with Gasteiger partial charge in [-0.3, -0.25) is 4.72 Å². The summed E-state index contributed by atoms with van der Waals surface area (Å²) in [5.74, 6) is -2.26. The molecule has 0 fully saturated rings. The highest BCUT2D eigenvalue weighted by Crippen LogP contribution is 2.27. The van der Waals surface area contributed by atoms with E-state index in [1.54, 1.807) is 0 Å². The van der Waals surface area contributed by atoms with Gasteiger partial charge in [-0.2, -0.15) is 0 Å². The average Bonchev–Trinajstić information content (AvgIpc) is 2.32. The lowest BCUT2D eigenvalue weighted by atomic mass is 10.3. The SMILES string of the molecule is O=S(=O)(Nc1ccc(F)cc1O)c1ccc(Br)cc1F. The second-order valence-electron chi connectivity index (χ2n) is 3.84. The van der Waals surface area contributed by atoms with Gasteiger partial charge in [-0.05, 0) is 30.3 Å². The van der Waals surface area contributed by atoms with Gasteiger partial charge in [0.25, 0.3) is 10.0 Å². The maximum atomic E-state index is 13.6. The Morgan fingerprint density at radius 1 is 1.10 bits per heavy atom. The molecule has 0 aliphatic carbocycles. The number of hydrogen-bond donors (Lipinski definition) is 2. The van der Waals surface area contributed by atoms with Crippen LogP contribution in [0.4, 0.5) is 14.5 Å². The van der Waals surface area contributed by atoms with Crippen molar-refractivity contribution in [3.8, 4) is 5.75 Å². The minimum Gasteiger partial charge on any atom is -0.506 e. The molecule has 0 bridgehead atoms. The molecule has 4 nitrogen and oxygen atoms in total. The van der Waals surface area contributed by atoms with E-state index in [9.17, 15) is 22.3 Å². The van der Waals surface area contributed by atoms with Crippen molar-refractivity contribution < 1.29 is 22.3 Å². The normalized spacial score (nSPS) is 11.3. The molecular weight excluding hydrogens is 356 g/mol. The first kappa shape index (κ1) is 14.7. The first-order valence-corrected chi connectivity index (χ1v) is 7.53. The van der Waals surface area contributed by atoms with Gasteiger partial charge in [0.05, 0.1) is 5.69 Å². The van der Waals surface area contributed by atoms with Gasteiger partial charge < -0.3 is 5.11 Å². The minimum absolute atomic E-state index is 0.242. The molecular formula is C12H8BrF2NO3S. The van der Waals surface area contributed by atoms with E-state index in [1.165, 1.54) is 6.07 Å². The molecule has 2 aromatic rings. The Bertz CT molecular complexity index is 765. The minimum atomic E-state index is -4.22. The van der Waals surface area contributed by atoms with E-state index in [1.807, 2.05) is 4.72 Å². The van der Waals surface area contributed by atoms with Crippen LogP contribution in [-0.4, -0.2) is 13.5 Å². The number of hydrogen-bond acceptors (Lipinski definition) is 3. The molecule has 2 rings (SSSR count). The molecule has 0 unspecified atom stereocenters. The van der Waals surface area contributed by atoms with E-state index < -0.39 is 32.3 Å². The van der Waals surface area contributed by atoms with Crippen LogP contribution in [0.2, 0.25) is 0 Å². The molecule has 0 radical (unpaired) electrons. The number of aromatic hydroxyl groups is 1. The zero-order valence-corrected chi connectivity index (χ0v) is 12.2. The highest BCUT2D eigenvalue weighted by molar-refractivity contribution is 9.10. The third-order valence-corrected chi connectivity index (χ3v) is 4.28. The number of rotatable bonds is 3. The molecule has 0 spiro atoms. The van der Waals surface area contributed by atoms with Crippen LogP contribution in [0.3, 0.4) is 0 Å². The molecule has 106 valence electrons. The summed E-state index contributed by atoms with van der Waals surface area (Å²) < 4.78 is 52.8. The number of benzene rings is 2. The van der Waals surface area contributed by atoms with E-state index in [2.05, 4.69) is 15.9 Å². The van der Waals surface area contributed by atoms with Crippen molar-refractivity contribution in [2.45, 2.75) is 4.90 Å². The Kier molecular flexibility index (Phi) is 3.96. The van der Waals surface area contributed by atoms with E-state index in [0.29, 0.717) is 4.47 Å². The van der Waals surface area contributed by atoms with Crippen LogP contribution in [0.1, 0.15) is 0 Å². The van der Waals surface area contributed by atoms with Crippen molar-refractivity contribution in [2.24, 2.45) is 0 Å². The Hall–Kier alpha value is -1.67. The van der Waals surface area contributed by atoms with Crippen molar-refractivity contribution in [1.29, 1.82) is 0 Å². The molecule has 0 saturated heterocycles. The highest BCUT2D eigenvalue weighted by Gasteiger charge is 2.20. The molecule has 0 atom stereocenters. The van der Waals surface area contributed by atoms with Crippen molar-refractivity contribution in [3.63, 3.8) is 0 Å². The second kappa shape index (κ2) is 5.37. The summed E-state index contributed by atoms with van der Waals surface area (Å²) in [6.07, 6.45) is 0. The van der Waals surface area contributed by atoms with Crippen LogP contribution in [0.15, 0.2) is 45.8 Å². The Morgan fingerprint density at radius 3 is 2.40 bits per heavy atom. The largest absolute Gasteiger partial charge is 0.506 e. The van der Waals surface area contributed by atoms with Gasteiger partial charge in [0, 0.05) is 10.5 Å². The van der Waals surface area contributed by atoms with E-state index in [-0.39, 0.29) is 5.69 Å². The van der Waals surface area contributed by atoms with Gasteiger partial charge in [-0.15, -0.1) is 0 Å². The Balaban J connectivity index is 2.41. The first-order chi connectivity index (χ1) is 9.29. The molecule has 2 N–H and O–H groups in total. The molecule has 0 saturated carbocycles. The monoisotopic (exact) mass is 363 g/mol. The van der Waals surface area contributed by atoms with Gasteiger partial charge in [0.1, 0.15) is 22.3 Å². The van der Waals surface area contributed by atoms with Gasteiger partial charge in [0.2, 0.25) is 0 Å². The second-order valence-corrected chi connectivity index (χ2v) is 6.41. The standard InChI is InChI=1S/C12H8BrF2NO3S/c13-7-1-4-12(9(15)5-7)20(18,19)16-10-3-2-8(14)6-11(10)17/h1-6,16-17H. The molecule has 0 heterocycles. The van der Waals surface area contributed by atoms with Crippen molar-refractivity contribution in [3.05, 3.63) is 52.5 Å². The lowest BCUT2D eigenvalue weighted by molar-refractivity contribution is 0.471. The van der Waals surface area contributed by atoms with Crippen molar-refractivity contribution >= 4 is 31.6 Å². The number of phenolic OH excluding ortho intramolecular Hbond substituents is 1. The molecule has 0 aliphatic rings. The van der Waals surface area contributed by atoms with Crippen LogP contribution in [0, 0.1) is 11.6 Å². The maximum absolute atomic E-state index is 13.6. The number of halogens is 3. The predicted octanol–water partition coefficient (Wildman–Crippen LogP) is 3.23. The molecule has 0 aromatic heterocycles. The molecule has 20 heavy (non-hydrogen) atoms. The number of anilines is 1.